The van der Waals surface area contributed by atoms with E-state index in [1.54, 1.807) is 11.3 Å². The van der Waals surface area contributed by atoms with Gasteiger partial charge in [-0.05, 0) is 34.8 Å². The monoisotopic (exact) mass is 269 g/mol. The average molecular weight is 269 g/mol. The van der Waals surface area contributed by atoms with Crippen molar-refractivity contribution in [3.63, 3.8) is 0 Å². The number of nitrogens with zero attached hydrogens (tertiary/aromatic N) is 2. The van der Waals surface area contributed by atoms with E-state index in [0.29, 0.717) is 11.7 Å². The van der Waals surface area contributed by atoms with Gasteiger partial charge in [-0.3, -0.25) is 10.1 Å². The van der Waals surface area contributed by atoms with E-state index >= 15 is 0 Å². The molecule has 0 atom stereocenters. The fourth-order valence-corrected chi connectivity index (χ4v) is 2.97. The summed E-state index contributed by atoms with van der Waals surface area (Å²) in [4.78, 5) is 15.3. The summed E-state index contributed by atoms with van der Waals surface area (Å²) in [5.41, 5.74) is 1.31. The fraction of sp³-hybridized carbons (Fsp3) is 0.300. The fourth-order valence-electron chi connectivity index (χ4n) is 1.42. The molecule has 90 valence electrons. The molecule has 0 aliphatic rings. The minimum absolute atomic E-state index is 0.0643. The normalized spacial score (nSPS) is 10.4. The second-order valence-electron chi connectivity index (χ2n) is 3.34. The van der Waals surface area contributed by atoms with Crippen molar-refractivity contribution < 1.29 is 4.92 Å². The van der Waals surface area contributed by atoms with E-state index < -0.39 is 4.92 Å². The van der Waals surface area contributed by atoms with Crippen LogP contribution in [0, 0.1) is 10.1 Å². The molecule has 0 amide bonds. The van der Waals surface area contributed by atoms with E-state index in [-0.39, 0.29) is 5.00 Å². The summed E-state index contributed by atoms with van der Waals surface area (Å²) in [6.45, 7) is 2.78. The lowest BCUT2D eigenvalue weighted by molar-refractivity contribution is -0.380. The van der Waals surface area contributed by atoms with Crippen molar-refractivity contribution in [2.45, 2.75) is 19.9 Å². The number of hydrogen-bond acceptors (Lipinski definition) is 6. The van der Waals surface area contributed by atoms with Crippen molar-refractivity contribution in [3.05, 3.63) is 38.2 Å². The summed E-state index contributed by atoms with van der Waals surface area (Å²) in [6, 6.07) is 2.10. The molecule has 0 bridgehead atoms. The number of aromatic nitrogens is 1. The summed E-state index contributed by atoms with van der Waals surface area (Å²) < 4.78 is 0. The van der Waals surface area contributed by atoms with Gasteiger partial charge < -0.3 is 5.32 Å². The van der Waals surface area contributed by atoms with Gasteiger partial charge in [0.15, 0.2) is 5.13 Å². The van der Waals surface area contributed by atoms with Crippen LogP contribution in [-0.4, -0.2) is 9.91 Å². The maximum atomic E-state index is 10.5. The molecule has 2 aromatic heterocycles. The molecule has 2 rings (SSSR count). The van der Waals surface area contributed by atoms with Crippen LogP contribution in [0.2, 0.25) is 0 Å². The zero-order chi connectivity index (χ0) is 12.3. The largest absolute Gasteiger partial charge is 0.356 e. The molecule has 0 aliphatic heterocycles. The number of thiazole rings is 1. The van der Waals surface area contributed by atoms with Crippen molar-refractivity contribution >= 4 is 32.8 Å². The SMILES string of the molecule is CCc1ccsc1CNc1ncc([N+](=O)[O-])s1. The molecule has 5 nitrogen and oxygen atoms in total. The first kappa shape index (κ1) is 12.0. The second kappa shape index (κ2) is 5.24. The third-order valence-corrected chi connectivity index (χ3v) is 4.16. The van der Waals surface area contributed by atoms with Crippen molar-refractivity contribution in [2.24, 2.45) is 0 Å². The summed E-state index contributed by atoms with van der Waals surface area (Å²) in [6.07, 6.45) is 2.28. The van der Waals surface area contributed by atoms with Gasteiger partial charge >= 0.3 is 5.00 Å². The third-order valence-electron chi connectivity index (χ3n) is 2.29. The molecular formula is C10H11N3O2S2. The van der Waals surface area contributed by atoms with Crippen LogP contribution in [0.25, 0.3) is 0 Å². The Hall–Kier alpha value is -1.47. The molecule has 0 aromatic carbocycles. The van der Waals surface area contributed by atoms with Crippen LogP contribution in [0.1, 0.15) is 17.4 Å². The number of nitrogens with one attached hydrogen (secondary N) is 1. The molecule has 1 N–H and O–H groups in total. The Morgan fingerprint density at radius 3 is 3.06 bits per heavy atom. The number of anilines is 1. The highest BCUT2D eigenvalue weighted by molar-refractivity contribution is 7.18. The Morgan fingerprint density at radius 1 is 1.59 bits per heavy atom. The van der Waals surface area contributed by atoms with Gasteiger partial charge in [0.25, 0.3) is 0 Å². The minimum atomic E-state index is -0.425. The molecule has 0 saturated heterocycles. The van der Waals surface area contributed by atoms with Gasteiger partial charge in [0.2, 0.25) is 0 Å². The smallest absolute Gasteiger partial charge is 0.345 e. The Kier molecular flexibility index (Phi) is 3.70. The van der Waals surface area contributed by atoms with Gasteiger partial charge in [0, 0.05) is 4.88 Å². The standard InChI is InChI=1S/C10H11N3O2S2/c1-2-7-3-4-16-8(7)5-11-10-12-6-9(17-10)13(14)15/h3-4,6H,2,5H2,1H3,(H,11,12). The van der Waals surface area contributed by atoms with Crippen LogP contribution in [0.15, 0.2) is 17.6 Å². The molecule has 0 aliphatic carbocycles. The van der Waals surface area contributed by atoms with Crippen LogP contribution < -0.4 is 5.32 Å². The van der Waals surface area contributed by atoms with Crippen molar-refractivity contribution in [3.8, 4) is 0 Å². The quantitative estimate of drug-likeness (QED) is 0.668. The molecule has 0 spiro atoms. The maximum Gasteiger partial charge on any atom is 0.345 e. The van der Waals surface area contributed by atoms with Gasteiger partial charge in [-0.2, -0.15) is 0 Å². The lowest BCUT2D eigenvalue weighted by Gasteiger charge is -2.02. The van der Waals surface area contributed by atoms with Crippen LogP contribution in [-0.2, 0) is 13.0 Å². The summed E-state index contributed by atoms with van der Waals surface area (Å²) in [5.74, 6) is 0. The average Bonchev–Trinajstić information content (AvgIpc) is 2.95. The predicted molar refractivity (Wildman–Crippen MR) is 69.8 cm³/mol. The number of thiophene rings is 1. The number of hydrogen-bond donors (Lipinski definition) is 1. The number of nitro groups is 1. The van der Waals surface area contributed by atoms with Crippen LogP contribution >= 0.6 is 22.7 Å². The molecule has 17 heavy (non-hydrogen) atoms. The first-order valence-corrected chi connectivity index (χ1v) is 6.79. The molecule has 0 radical (unpaired) electrons. The van der Waals surface area contributed by atoms with E-state index in [1.165, 1.54) is 16.6 Å². The van der Waals surface area contributed by atoms with E-state index in [4.69, 9.17) is 0 Å². The number of aryl methyl sites for hydroxylation is 1. The highest BCUT2D eigenvalue weighted by Gasteiger charge is 2.11. The summed E-state index contributed by atoms with van der Waals surface area (Å²) in [5, 5.41) is 16.3. The van der Waals surface area contributed by atoms with E-state index in [1.807, 2.05) is 0 Å². The highest BCUT2D eigenvalue weighted by Crippen LogP contribution is 2.26. The van der Waals surface area contributed by atoms with Crippen LogP contribution in [0.5, 0.6) is 0 Å². The first-order valence-electron chi connectivity index (χ1n) is 5.10. The molecule has 0 saturated carbocycles. The zero-order valence-corrected chi connectivity index (χ0v) is 10.8. The van der Waals surface area contributed by atoms with Gasteiger partial charge in [-0.25, -0.2) is 4.98 Å². The third kappa shape index (κ3) is 2.80. The second-order valence-corrected chi connectivity index (χ2v) is 5.35. The lowest BCUT2D eigenvalue weighted by atomic mass is 10.2. The van der Waals surface area contributed by atoms with Crippen LogP contribution in [0.4, 0.5) is 10.1 Å². The Labute approximate surface area is 106 Å². The van der Waals surface area contributed by atoms with Gasteiger partial charge in [0.05, 0.1) is 11.5 Å². The molecule has 2 heterocycles. The zero-order valence-electron chi connectivity index (χ0n) is 9.17. The van der Waals surface area contributed by atoms with Gasteiger partial charge in [-0.15, -0.1) is 11.3 Å². The topological polar surface area (TPSA) is 68.1 Å². The van der Waals surface area contributed by atoms with Gasteiger partial charge in [-0.1, -0.05) is 6.92 Å². The summed E-state index contributed by atoms with van der Waals surface area (Å²) >= 11 is 2.75. The van der Waals surface area contributed by atoms with E-state index in [9.17, 15) is 10.1 Å². The number of rotatable bonds is 5. The molecule has 0 unspecified atom stereocenters. The highest BCUT2D eigenvalue weighted by atomic mass is 32.1. The molecule has 2 aromatic rings. The first-order chi connectivity index (χ1) is 8.20. The Morgan fingerprint density at radius 2 is 2.41 bits per heavy atom. The van der Waals surface area contributed by atoms with Crippen LogP contribution in [0.3, 0.4) is 0 Å². The maximum absolute atomic E-state index is 10.5. The Balaban J connectivity index is 2.00. The van der Waals surface area contributed by atoms with Crippen molar-refractivity contribution in [1.82, 2.24) is 4.98 Å². The minimum Gasteiger partial charge on any atom is -0.356 e. The molecule has 0 fully saturated rings. The lowest BCUT2D eigenvalue weighted by Crippen LogP contribution is -1.98. The van der Waals surface area contributed by atoms with Crippen molar-refractivity contribution in [1.29, 1.82) is 0 Å². The molecular weight excluding hydrogens is 258 g/mol. The van der Waals surface area contributed by atoms with E-state index in [2.05, 4.69) is 28.7 Å². The summed E-state index contributed by atoms with van der Waals surface area (Å²) in [7, 11) is 0. The predicted octanol–water partition coefficient (Wildman–Crippen LogP) is 3.29. The Bertz CT molecular complexity index is 521. The van der Waals surface area contributed by atoms with Crippen molar-refractivity contribution in [2.75, 3.05) is 5.32 Å². The van der Waals surface area contributed by atoms with Gasteiger partial charge in [0.1, 0.15) is 6.20 Å². The molecule has 7 heteroatoms. The van der Waals surface area contributed by atoms with E-state index in [0.717, 1.165) is 17.8 Å².